The van der Waals surface area contributed by atoms with Gasteiger partial charge in [0.05, 0.1) is 11.0 Å². The van der Waals surface area contributed by atoms with Gasteiger partial charge >= 0.3 is 5.97 Å². The summed E-state index contributed by atoms with van der Waals surface area (Å²) in [7, 11) is 0. The molecule has 3 heterocycles. The number of carboxylic acid groups (broad SMARTS) is 1. The van der Waals surface area contributed by atoms with Gasteiger partial charge in [0.15, 0.2) is 10.2 Å². The quantitative estimate of drug-likeness (QED) is 0.329. The van der Waals surface area contributed by atoms with E-state index in [9.17, 15) is 9.90 Å². The summed E-state index contributed by atoms with van der Waals surface area (Å²) in [5.74, 6) is -0.0409. The third-order valence-electron chi connectivity index (χ3n) is 3.43. The number of fused-ring (bicyclic) bond motifs is 1. The van der Waals surface area contributed by atoms with Gasteiger partial charge in [-0.3, -0.25) is 5.10 Å². The number of carbonyl (C=O) groups is 1. The van der Waals surface area contributed by atoms with Gasteiger partial charge in [0.1, 0.15) is 16.5 Å². The minimum Gasteiger partial charge on any atom is -0.477 e. The molecule has 0 radical (unpaired) electrons. The molecule has 0 unspecified atom stereocenters. The van der Waals surface area contributed by atoms with E-state index in [4.69, 9.17) is 4.42 Å². The Labute approximate surface area is 161 Å². The van der Waals surface area contributed by atoms with Gasteiger partial charge in [-0.15, -0.1) is 5.10 Å². The summed E-state index contributed by atoms with van der Waals surface area (Å²) in [5, 5.41) is 17.7. The first kappa shape index (κ1) is 17.4. The van der Waals surface area contributed by atoms with E-state index in [0.717, 1.165) is 22.8 Å². The van der Waals surface area contributed by atoms with Crippen LogP contribution in [0, 0.1) is 6.92 Å². The Kier molecular flexibility index (Phi) is 4.73. The van der Waals surface area contributed by atoms with Crippen LogP contribution in [0.25, 0.3) is 17.1 Å². The van der Waals surface area contributed by atoms with Crippen molar-refractivity contribution in [2.24, 2.45) is 0 Å². The first-order valence-electron chi connectivity index (χ1n) is 7.81. The second kappa shape index (κ2) is 7.33. The van der Waals surface area contributed by atoms with Crippen LogP contribution in [0.1, 0.15) is 11.6 Å². The minimum absolute atomic E-state index is 0.0589. The molecule has 10 heteroatoms. The molecule has 0 amide bonds. The molecule has 0 bridgehead atoms. The maximum Gasteiger partial charge on any atom is 0.342 e. The maximum absolute atomic E-state index is 11.5. The van der Waals surface area contributed by atoms with Gasteiger partial charge in [0.2, 0.25) is 5.16 Å². The number of aromatic nitrogens is 5. The van der Waals surface area contributed by atoms with Gasteiger partial charge in [-0.05, 0) is 54.7 Å². The molecule has 4 aromatic rings. The van der Waals surface area contributed by atoms with Crippen molar-refractivity contribution in [3.63, 3.8) is 0 Å². The lowest BCUT2D eigenvalue weighted by atomic mass is 10.3. The second-order valence-electron chi connectivity index (χ2n) is 5.44. The molecule has 0 spiro atoms. The molecule has 0 saturated carbocycles. The van der Waals surface area contributed by atoms with E-state index in [0.29, 0.717) is 27.0 Å². The lowest BCUT2D eigenvalue weighted by molar-refractivity contribution is -0.131. The van der Waals surface area contributed by atoms with Crippen molar-refractivity contribution in [3.8, 4) is 0 Å². The van der Waals surface area contributed by atoms with Gasteiger partial charge in [-0.2, -0.15) is 0 Å². The average Bonchev–Trinajstić information content (AvgIpc) is 3.34. The molecule has 0 aliphatic carbocycles. The smallest absolute Gasteiger partial charge is 0.342 e. The summed E-state index contributed by atoms with van der Waals surface area (Å²) < 4.78 is 5.71. The van der Waals surface area contributed by atoms with Crippen LogP contribution in [-0.4, -0.2) is 36.2 Å². The number of imidazole rings is 1. The number of aryl methyl sites for hydroxylation is 1. The monoisotopic (exact) mass is 399 g/mol. The Morgan fingerprint density at radius 1 is 1.22 bits per heavy atom. The number of H-pyrrole nitrogens is 2. The summed E-state index contributed by atoms with van der Waals surface area (Å²) in [4.78, 5) is 23.3. The SMILES string of the molecule is Cc1nc(S/C(=C\c2ccc(Sc3nc4ccccc4[nH]3)o2)C(=O)O)n[nH]1. The molecule has 0 fully saturated rings. The third kappa shape index (κ3) is 4.07. The Balaban J connectivity index is 1.53. The number of hydrogen-bond donors (Lipinski definition) is 3. The van der Waals surface area contributed by atoms with Crippen LogP contribution in [-0.2, 0) is 4.79 Å². The summed E-state index contributed by atoms with van der Waals surface area (Å²) >= 11 is 2.28. The van der Waals surface area contributed by atoms with E-state index in [-0.39, 0.29) is 4.91 Å². The number of aromatic amines is 2. The number of nitrogens with zero attached hydrogens (tertiary/aromatic N) is 3. The highest BCUT2D eigenvalue weighted by Gasteiger charge is 2.15. The third-order valence-corrected chi connectivity index (χ3v) is 5.11. The van der Waals surface area contributed by atoms with Crippen LogP contribution < -0.4 is 0 Å². The Morgan fingerprint density at radius 3 is 2.81 bits per heavy atom. The lowest BCUT2D eigenvalue weighted by Gasteiger charge is -1.97. The van der Waals surface area contributed by atoms with Crippen LogP contribution >= 0.6 is 23.5 Å². The van der Waals surface area contributed by atoms with Gasteiger partial charge in [0.25, 0.3) is 0 Å². The zero-order valence-electron chi connectivity index (χ0n) is 14.0. The molecule has 0 atom stereocenters. The number of benzene rings is 1. The van der Waals surface area contributed by atoms with Crippen molar-refractivity contribution >= 4 is 46.6 Å². The fourth-order valence-electron chi connectivity index (χ4n) is 2.27. The topological polar surface area (TPSA) is 121 Å². The normalized spacial score (nSPS) is 12.0. The fourth-order valence-corrected chi connectivity index (χ4v) is 3.77. The average molecular weight is 399 g/mol. The summed E-state index contributed by atoms with van der Waals surface area (Å²) in [5.41, 5.74) is 1.82. The number of thioether (sulfide) groups is 1. The van der Waals surface area contributed by atoms with E-state index >= 15 is 0 Å². The highest BCUT2D eigenvalue weighted by Crippen LogP contribution is 2.31. The van der Waals surface area contributed by atoms with Crippen molar-refractivity contribution in [3.05, 3.63) is 52.9 Å². The highest BCUT2D eigenvalue weighted by molar-refractivity contribution is 8.04. The van der Waals surface area contributed by atoms with Crippen LogP contribution in [0.4, 0.5) is 0 Å². The minimum atomic E-state index is -1.08. The van der Waals surface area contributed by atoms with E-state index in [1.165, 1.54) is 17.8 Å². The first-order valence-corrected chi connectivity index (χ1v) is 9.44. The molecule has 0 aliphatic heterocycles. The van der Waals surface area contributed by atoms with Crippen molar-refractivity contribution in [1.82, 2.24) is 25.1 Å². The van der Waals surface area contributed by atoms with Gasteiger partial charge < -0.3 is 14.5 Å². The molecular formula is C17H13N5O3S2. The zero-order valence-corrected chi connectivity index (χ0v) is 15.6. The van der Waals surface area contributed by atoms with E-state index in [1.807, 2.05) is 24.3 Å². The molecule has 3 aromatic heterocycles. The molecule has 0 saturated heterocycles. The molecule has 4 rings (SSSR count). The number of carboxylic acids is 1. The number of nitrogens with one attached hydrogen (secondary N) is 2. The molecule has 3 N–H and O–H groups in total. The number of furan rings is 1. The standard InChI is InChI=1S/C17H13N5O3S2/c1-9-18-17(22-21-9)26-13(15(23)24)8-10-6-7-14(25-10)27-16-19-11-4-2-3-5-12(11)20-16/h2-8H,1H3,(H,19,20)(H,23,24)(H,18,21,22)/b13-8-. The van der Waals surface area contributed by atoms with Crippen molar-refractivity contribution in [2.45, 2.75) is 22.3 Å². The van der Waals surface area contributed by atoms with E-state index in [2.05, 4.69) is 25.1 Å². The molecule has 136 valence electrons. The fraction of sp³-hybridized carbons (Fsp3) is 0.0588. The summed E-state index contributed by atoms with van der Waals surface area (Å²) in [6.45, 7) is 1.75. The molecule has 27 heavy (non-hydrogen) atoms. The maximum atomic E-state index is 11.5. The Hall–Kier alpha value is -2.98. The van der Waals surface area contributed by atoms with E-state index in [1.54, 1.807) is 19.1 Å². The van der Waals surface area contributed by atoms with Crippen LogP contribution in [0.2, 0.25) is 0 Å². The highest BCUT2D eigenvalue weighted by atomic mass is 32.2. The zero-order chi connectivity index (χ0) is 18.8. The van der Waals surface area contributed by atoms with Gasteiger partial charge in [-0.25, -0.2) is 14.8 Å². The first-order chi connectivity index (χ1) is 13.1. The van der Waals surface area contributed by atoms with E-state index < -0.39 is 5.97 Å². The van der Waals surface area contributed by atoms with Crippen molar-refractivity contribution < 1.29 is 14.3 Å². The molecule has 1 aromatic carbocycles. The predicted octanol–water partition coefficient (Wildman–Crippen LogP) is 3.95. The van der Waals surface area contributed by atoms with Crippen LogP contribution in [0.5, 0.6) is 0 Å². The molecule has 8 nitrogen and oxygen atoms in total. The Bertz CT molecular complexity index is 1110. The molecule has 0 aliphatic rings. The lowest BCUT2D eigenvalue weighted by Crippen LogP contribution is -1.97. The van der Waals surface area contributed by atoms with Crippen molar-refractivity contribution in [1.29, 1.82) is 0 Å². The van der Waals surface area contributed by atoms with Gasteiger partial charge in [0, 0.05) is 6.08 Å². The molecular weight excluding hydrogens is 386 g/mol. The largest absolute Gasteiger partial charge is 0.477 e. The van der Waals surface area contributed by atoms with Crippen molar-refractivity contribution in [2.75, 3.05) is 0 Å². The summed E-state index contributed by atoms with van der Waals surface area (Å²) in [6.07, 6.45) is 1.45. The number of rotatable bonds is 6. The second-order valence-corrected chi connectivity index (χ2v) is 7.44. The number of para-hydroxylation sites is 2. The summed E-state index contributed by atoms with van der Waals surface area (Å²) in [6, 6.07) is 11.2. The predicted molar refractivity (Wildman–Crippen MR) is 102 cm³/mol. The Morgan fingerprint density at radius 2 is 2.07 bits per heavy atom. The van der Waals surface area contributed by atoms with Crippen LogP contribution in [0.3, 0.4) is 0 Å². The number of hydrogen-bond acceptors (Lipinski definition) is 7. The number of aliphatic carboxylic acids is 1. The van der Waals surface area contributed by atoms with Gasteiger partial charge in [-0.1, -0.05) is 12.1 Å². The van der Waals surface area contributed by atoms with Crippen LogP contribution in [0.15, 0.2) is 61.1 Å².